The molecule has 0 saturated heterocycles. The fourth-order valence-corrected chi connectivity index (χ4v) is 0.249. The summed E-state index contributed by atoms with van der Waals surface area (Å²) in [5, 5.41) is 2.57. The van der Waals surface area contributed by atoms with Crippen molar-refractivity contribution in [1.29, 1.82) is 0 Å². The molecule has 0 unspecified atom stereocenters. The number of carbonyl (C=O) groups excluding carboxylic acids is 1. The first-order chi connectivity index (χ1) is 5.77. The van der Waals surface area contributed by atoms with Gasteiger partial charge in [0.2, 0.25) is 5.91 Å². The summed E-state index contributed by atoms with van der Waals surface area (Å²) in [6, 6.07) is 0. The van der Waals surface area contributed by atoms with Crippen molar-refractivity contribution in [3.8, 4) is 0 Å². The molecule has 0 atom stereocenters. The van der Waals surface area contributed by atoms with Crippen molar-refractivity contribution in [3.63, 3.8) is 0 Å². The first kappa shape index (κ1) is 22.5. The summed E-state index contributed by atoms with van der Waals surface area (Å²) < 4.78 is 0. The lowest BCUT2D eigenvalue weighted by Crippen LogP contribution is -2.18. The van der Waals surface area contributed by atoms with E-state index in [1.807, 2.05) is 48.5 Å². The lowest BCUT2D eigenvalue weighted by Gasteiger charge is -1.88. The number of nitrogens with one attached hydrogen (secondary N) is 1. The molecule has 0 rings (SSSR count). The molecule has 0 aliphatic rings. The molecule has 12 heavy (non-hydrogen) atoms. The molecule has 0 saturated carbocycles. The topological polar surface area (TPSA) is 29.1 Å². The summed E-state index contributed by atoms with van der Waals surface area (Å²) >= 11 is 0. The summed E-state index contributed by atoms with van der Waals surface area (Å²) in [7, 11) is 0. The number of amides is 1. The second-order valence-corrected chi connectivity index (χ2v) is 1.09. The molecule has 1 N–H and O–H groups in total. The van der Waals surface area contributed by atoms with E-state index >= 15 is 0 Å². The fourth-order valence-electron chi connectivity index (χ4n) is 0.249. The molecule has 0 aromatic carbocycles. The maximum absolute atomic E-state index is 9.93. The van der Waals surface area contributed by atoms with E-state index in [1.165, 1.54) is 6.92 Å². The van der Waals surface area contributed by atoms with Crippen molar-refractivity contribution in [2.75, 3.05) is 6.54 Å². The zero-order chi connectivity index (χ0) is 11.0. The smallest absolute Gasteiger partial charge is 0.216 e. The Balaban J connectivity index is -0.0000000453. The van der Waals surface area contributed by atoms with E-state index in [2.05, 4.69) is 5.32 Å². The molecule has 0 fully saturated rings. The van der Waals surface area contributed by atoms with Gasteiger partial charge in [-0.1, -0.05) is 41.5 Å². The quantitative estimate of drug-likeness (QED) is 0.654. The predicted molar refractivity (Wildman–Crippen MR) is 58.4 cm³/mol. The van der Waals surface area contributed by atoms with Crippen LogP contribution in [-0.4, -0.2) is 12.5 Å². The van der Waals surface area contributed by atoms with Gasteiger partial charge in [-0.3, -0.25) is 4.79 Å². The zero-order valence-electron chi connectivity index (χ0n) is 10.1. The van der Waals surface area contributed by atoms with Crippen LogP contribution in [-0.2, 0) is 4.79 Å². The number of hydrogen-bond acceptors (Lipinski definition) is 1. The third-order valence-electron chi connectivity index (χ3n) is 0.426. The van der Waals surface area contributed by atoms with Crippen LogP contribution in [0.2, 0.25) is 0 Å². The lowest BCUT2D eigenvalue weighted by atomic mass is 10.6. The third-order valence-corrected chi connectivity index (χ3v) is 0.426. The fraction of sp³-hybridized carbons (Fsp3) is 0.900. The van der Waals surface area contributed by atoms with Gasteiger partial charge in [0.1, 0.15) is 0 Å². The Labute approximate surface area is 78.8 Å². The normalized spacial score (nSPS) is 5.33. The first-order valence-corrected chi connectivity index (χ1v) is 5.01. The standard InChI is InChI=1S/C4H9NO.3C2H6/c1-3-5-4(2)6;3*1-2/h3H2,1-2H3,(H,5,6);3*1-2H3. The molecular weight excluding hydrogens is 150 g/mol. The Morgan fingerprint density at radius 1 is 1.00 bits per heavy atom. The average Bonchev–Trinajstić information content (AvgIpc) is 2.14. The summed E-state index contributed by atoms with van der Waals surface area (Å²) in [6.07, 6.45) is 0. The van der Waals surface area contributed by atoms with Crippen molar-refractivity contribution in [3.05, 3.63) is 0 Å². The SMILES string of the molecule is CC.CC.CC.CCNC(C)=O. The van der Waals surface area contributed by atoms with Gasteiger partial charge in [-0.2, -0.15) is 0 Å². The van der Waals surface area contributed by atoms with Gasteiger partial charge in [-0.05, 0) is 6.92 Å². The van der Waals surface area contributed by atoms with Gasteiger partial charge in [0.05, 0.1) is 0 Å². The van der Waals surface area contributed by atoms with E-state index in [0.717, 1.165) is 6.54 Å². The van der Waals surface area contributed by atoms with Gasteiger partial charge >= 0.3 is 0 Å². The largest absolute Gasteiger partial charge is 0.357 e. The van der Waals surface area contributed by atoms with Crippen molar-refractivity contribution < 1.29 is 4.79 Å². The first-order valence-electron chi connectivity index (χ1n) is 5.01. The summed E-state index contributed by atoms with van der Waals surface area (Å²) in [6.45, 7) is 16.1. The Kier molecular flexibility index (Phi) is 88.2. The molecule has 2 heteroatoms. The van der Waals surface area contributed by atoms with Crippen LogP contribution in [0.1, 0.15) is 55.4 Å². The van der Waals surface area contributed by atoms with E-state index in [1.54, 1.807) is 0 Å². The zero-order valence-corrected chi connectivity index (χ0v) is 10.1. The van der Waals surface area contributed by atoms with Crippen LogP contribution < -0.4 is 5.32 Å². The highest BCUT2D eigenvalue weighted by molar-refractivity contribution is 5.72. The number of hydrogen-bond donors (Lipinski definition) is 1. The molecular formula is C10H27NO. The van der Waals surface area contributed by atoms with E-state index in [0.29, 0.717) is 0 Å². The molecule has 0 radical (unpaired) electrons. The molecule has 0 aromatic rings. The second-order valence-electron chi connectivity index (χ2n) is 1.09. The Morgan fingerprint density at radius 3 is 1.25 bits per heavy atom. The molecule has 78 valence electrons. The molecule has 1 amide bonds. The van der Waals surface area contributed by atoms with E-state index in [9.17, 15) is 4.79 Å². The lowest BCUT2D eigenvalue weighted by molar-refractivity contribution is -0.118. The van der Waals surface area contributed by atoms with Gasteiger partial charge in [-0.25, -0.2) is 0 Å². The van der Waals surface area contributed by atoms with Crippen LogP contribution in [0, 0.1) is 0 Å². The number of carbonyl (C=O) groups is 1. The molecule has 0 aliphatic carbocycles. The molecule has 2 nitrogen and oxygen atoms in total. The molecule has 0 bridgehead atoms. The Morgan fingerprint density at radius 2 is 1.25 bits per heavy atom. The minimum Gasteiger partial charge on any atom is -0.357 e. The van der Waals surface area contributed by atoms with Crippen molar-refractivity contribution in [1.82, 2.24) is 5.32 Å². The number of rotatable bonds is 1. The van der Waals surface area contributed by atoms with Crippen LogP contribution in [0.3, 0.4) is 0 Å². The van der Waals surface area contributed by atoms with Gasteiger partial charge in [0.25, 0.3) is 0 Å². The maximum Gasteiger partial charge on any atom is 0.216 e. The van der Waals surface area contributed by atoms with E-state index in [4.69, 9.17) is 0 Å². The predicted octanol–water partition coefficient (Wildman–Crippen LogP) is 3.22. The van der Waals surface area contributed by atoms with Crippen molar-refractivity contribution in [2.45, 2.75) is 55.4 Å². The monoisotopic (exact) mass is 177 g/mol. The van der Waals surface area contributed by atoms with Gasteiger partial charge in [0, 0.05) is 13.5 Å². The van der Waals surface area contributed by atoms with Crippen LogP contribution in [0.15, 0.2) is 0 Å². The minimum atomic E-state index is 0.0394. The maximum atomic E-state index is 9.93. The molecule has 0 aromatic heterocycles. The molecule has 0 heterocycles. The molecule has 0 aliphatic heterocycles. The minimum absolute atomic E-state index is 0.0394. The van der Waals surface area contributed by atoms with Crippen LogP contribution in [0.4, 0.5) is 0 Å². The van der Waals surface area contributed by atoms with Crippen LogP contribution >= 0.6 is 0 Å². The second kappa shape index (κ2) is 47.0. The van der Waals surface area contributed by atoms with Crippen molar-refractivity contribution >= 4 is 5.91 Å². The third kappa shape index (κ3) is 111. The highest BCUT2D eigenvalue weighted by Gasteiger charge is 1.78. The molecule has 0 spiro atoms. The van der Waals surface area contributed by atoms with E-state index < -0.39 is 0 Å². The summed E-state index contributed by atoms with van der Waals surface area (Å²) in [4.78, 5) is 9.93. The summed E-state index contributed by atoms with van der Waals surface area (Å²) in [5.41, 5.74) is 0. The van der Waals surface area contributed by atoms with Gasteiger partial charge < -0.3 is 5.32 Å². The van der Waals surface area contributed by atoms with Crippen LogP contribution in [0.25, 0.3) is 0 Å². The van der Waals surface area contributed by atoms with Crippen LogP contribution in [0.5, 0.6) is 0 Å². The van der Waals surface area contributed by atoms with E-state index in [-0.39, 0.29) is 5.91 Å². The van der Waals surface area contributed by atoms with Gasteiger partial charge in [0.15, 0.2) is 0 Å². The Hall–Kier alpha value is -0.530. The highest BCUT2D eigenvalue weighted by Crippen LogP contribution is 1.54. The highest BCUT2D eigenvalue weighted by atomic mass is 16.1. The Bertz CT molecular complexity index is 53.8. The van der Waals surface area contributed by atoms with Crippen molar-refractivity contribution in [2.24, 2.45) is 0 Å². The average molecular weight is 177 g/mol. The summed E-state index contributed by atoms with van der Waals surface area (Å²) in [5.74, 6) is 0.0394. The van der Waals surface area contributed by atoms with Gasteiger partial charge in [-0.15, -0.1) is 0 Å².